The highest BCUT2D eigenvalue weighted by Gasteiger charge is 2.33. The van der Waals surface area contributed by atoms with Crippen LogP contribution in [0.5, 0.6) is 5.75 Å². The van der Waals surface area contributed by atoms with Crippen molar-refractivity contribution in [3.63, 3.8) is 0 Å². The number of amides is 2. The normalized spacial score (nSPS) is 21.3. The first kappa shape index (κ1) is 26.5. The van der Waals surface area contributed by atoms with E-state index in [2.05, 4.69) is 10.2 Å². The Kier molecular flexibility index (Phi) is 11.4. The molecule has 0 saturated carbocycles. The van der Waals surface area contributed by atoms with E-state index in [0.29, 0.717) is 31.7 Å². The molecule has 2 heterocycles. The molecule has 3 N–H and O–H groups in total. The summed E-state index contributed by atoms with van der Waals surface area (Å²) < 4.78 is 10.8. The van der Waals surface area contributed by atoms with Crippen LogP contribution >= 0.6 is 24.8 Å². The summed E-state index contributed by atoms with van der Waals surface area (Å²) in [6.07, 6.45) is 1.31. The molecule has 2 fully saturated rings. The number of carbonyl (C=O) groups excluding carboxylic acids is 2. The van der Waals surface area contributed by atoms with E-state index in [4.69, 9.17) is 15.2 Å². The minimum Gasteiger partial charge on any atom is -0.497 e. The number of benzene rings is 1. The summed E-state index contributed by atoms with van der Waals surface area (Å²) in [6, 6.07) is 7.04. The van der Waals surface area contributed by atoms with Gasteiger partial charge in [0.2, 0.25) is 0 Å². The van der Waals surface area contributed by atoms with Crippen molar-refractivity contribution < 1.29 is 19.1 Å². The fraction of sp³-hybridized carbons (Fsp3) is 0.600. The monoisotopic (exact) mass is 462 g/mol. The van der Waals surface area contributed by atoms with E-state index in [0.717, 1.165) is 38.2 Å². The molecule has 0 radical (unpaired) electrons. The van der Waals surface area contributed by atoms with Gasteiger partial charge >= 0.3 is 0 Å². The molecule has 1 aromatic rings. The van der Waals surface area contributed by atoms with Crippen LogP contribution in [-0.4, -0.2) is 86.7 Å². The van der Waals surface area contributed by atoms with Crippen LogP contribution in [0.2, 0.25) is 0 Å². The van der Waals surface area contributed by atoms with Gasteiger partial charge in [0.1, 0.15) is 11.9 Å². The Hall–Kier alpha value is -1.58. The molecule has 30 heavy (non-hydrogen) atoms. The van der Waals surface area contributed by atoms with Crippen LogP contribution < -0.4 is 15.8 Å². The molecule has 0 bridgehead atoms. The minimum absolute atomic E-state index is 0. The van der Waals surface area contributed by atoms with Crippen LogP contribution in [0.25, 0.3) is 0 Å². The SMILES string of the molecule is COc1ccc(C(=O)NCCN2CCN(C(=O)[C@@H]3CC[C@H](CN)O3)CC2)cc1.Cl.Cl. The molecule has 2 saturated heterocycles. The number of ether oxygens (including phenoxy) is 2. The predicted molar refractivity (Wildman–Crippen MR) is 120 cm³/mol. The molecule has 8 nitrogen and oxygen atoms in total. The Labute approximate surface area is 190 Å². The lowest BCUT2D eigenvalue weighted by molar-refractivity contribution is -0.144. The number of methoxy groups -OCH3 is 1. The zero-order valence-electron chi connectivity index (χ0n) is 17.2. The van der Waals surface area contributed by atoms with Gasteiger partial charge in [-0.3, -0.25) is 14.5 Å². The first-order valence-electron chi connectivity index (χ1n) is 9.89. The Morgan fingerprint density at radius 3 is 2.37 bits per heavy atom. The fourth-order valence-electron chi connectivity index (χ4n) is 3.63. The van der Waals surface area contributed by atoms with Crippen LogP contribution in [0.15, 0.2) is 24.3 Å². The third-order valence-corrected chi connectivity index (χ3v) is 5.40. The van der Waals surface area contributed by atoms with Crippen molar-refractivity contribution in [1.29, 1.82) is 0 Å². The van der Waals surface area contributed by atoms with Gasteiger partial charge in [0, 0.05) is 51.4 Å². The molecule has 1 aromatic carbocycles. The molecule has 0 aromatic heterocycles. The maximum Gasteiger partial charge on any atom is 0.251 e. The molecule has 2 aliphatic rings. The summed E-state index contributed by atoms with van der Waals surface area (Å²) in [6.45, 7) is 4.80. The zero-order chi connectivity index (χ0) is 19.9. The number of hydrogen-bond acceptors (Lipinski definition) is 6. The topological polar surface area (TPSA) is 97.1 Å². The van der Waals surface area contributed by atoms with Gasteiger partial charge in [-0.25, -0.2) is 0 Å². The number of nitrogens with one attached hydrogen (secondary N) is 1. The molecule has 2 amide bonds. The highest BCUT2D eigenvalue weighted by molar-refractivity contribution is 5.94. The first-order chi connectivity index (χ1) is 13.6. The summed E-state index contributed by atoms with van der Waals surface area (Å²) >= 11 is 0. The van der Waals surface area contributed by atoms with Gasteiger partial charge in [-0.1, -0.05) is 0 Å². The summed E-state index contributed by atoms with van der Waals surface area (Å²) in [5, 5.41) is 2.94. The van der Waals surface area contributed by atoms with E-state index < -0.39 is 0 Å². The van der Waals surface area contributed by atoms with Crippen LogP contribution in [0, 0.1) is 0 Å². The molecule has 170 valence electrons. The van der Waals surface area contributed by atoms with Gasteiger partial charge in [-0.15, -0.1) is 24.8 Å². The Morgan fingerprint density at radius 2 is 1.80 bits per heavy atom. The summed E-state index contributed by atoms with van der Waals surface area (Å²) in [5.74, 6) is 0.721. The van der Waals surface area contributed by atoms with Gasteiger partial charge in [0.05, 0.1) is 13.2 Å². The average Bonchev–Trinajstić information content (AvgIpc) is 3.23. The van der Waals surface area contributed by atoms with Crippen LogP contribution in [0.4, 0.5) is 0 Å². The number of carbonyl (C=O) groups is 2. The largest absolute Gasteiger partial charge is 0.497 e. The zero-order valence-corrected chi connectivity index (χ0v) is 18.9. The van der Waals surface area contributed by atoms with Crippen LogP contribution in [-0.2, 0) is 9.53 Å². The lowest BCUT2D eigenvalue weighted by atomic mass is 10.1. The number of piperazine rings is 1. The van der Waals surface area contributed by atoms with Gasteiger partial charge in [-0.2, -0.15) is 0 Å². The first-order valence-corrected chi connectivity index (χ1v) is 9.89. The molecule has 3 rings (SSSR count). The molecule has 2 aliphatic heterocycles. The van der Waals surface area contributed by atoms with Gasteiger partial charge in [-0.05, 0) is 37.1 Å². The van der Waals surface area contributed by atoms with E-state index in [1.165, 1.54) is 0 Å². The van der Waals surface area contributed by atoms with Crippen LogP contribution in [0.3, 0.4) is 0 Å². The molecule has 10 heteroatoms. The van der Waals surface area contributed by atoms with Gasteiger partial charge in [0.15, 0.2) is 0 Å². The third kappa shape index (κ3) is 6.99. The van der Waals surface area contributed by atoms with Crippen molar-refractivity contribution in [2.75, 3.05) is 52.9 Å². The maximum atomic E-state index is 12.6. The molecule has 0 unspecified atom stereocenters. The number of halogens is 2. The second-order valence-corrected chi connectivity index (χ2v) is 7.21. The second kappa shape index (κ2) is 13.0. The molecule has 2 atom stereocenters. The lowest BCUT2D eigenvalue weighted by Crippen LogP contribution is -2.52. The standard InChI is InChI=1S/C20H30N4O4.2ClH/c1-27-16-4-2-15(3-5-16)19(25)22-8-9-23-10-12-24(13-11-23)20(26)18-7-6-17(14-21)28-18;;/h2-5,17-18H,6-14,21H2,1H3,(H,22,25);2*1H/t17-,18+;;/m1../s1. The van der Waals surface area contributed by atoms with E-state index in [1.807, 2.05) is 4.90 Å². The van der Waals surface area contributed by atoms with Crippen molar-refractivity contribution in [3.8, 4) is 5.75 Å². The highest BCUT2D eigenvalue weighted by atomic mass is 35.5. The van der Waals surface area contributed by atoms with E-state index in [1.54, 1.807) is 31.4 Å². The smallest absolute Gasteiger partial charge is 0.251 e. The van der Waals surface area contributed by atoms with Gasteiger partial charge in [0.25, 0.3) is 11.8 Å². The Bertz CT molecular complexity index is 669. The maximum absolute atomic E-state index is 12.6. The number of hydrogen-bond donors (Lipinski definition) is 2. The Balaban J connectivity index is 0.00000225. The third-order valence-electron chi connectivity index (χ3n) is 5.40. The molecular formula is C20H32Cl2N4O4. The quantitative estimate of drug-likeness (QED) is 0.625. The molecule has 0 aliphatic carbocycles. The predicted octanol–water partition coefficient (Wildman–Crippen LogP) is 0.919. The second-order valence-electron chi connectivity index (χ2n) is 7.21. The molecular weight excluding hydrogens is 431 g/mol. The average molecular weight is 463 g/mol. The highest BCUT2D eigenvalue weighted by Crippen LogP contribution is 2.21. The molecule has 0 spiro atoms. The van der Waals surface area contributed by atoms with Crippen LogP contribution in [0.1, 0.15) is 23.2 Å². The fourth-order valence-corrected chi connectivity index (χ4v) is 3.63. The number of nitrogens with zero attached hydrogens (tertiary/aromatic N) is 2. The van der Waals surface area contributed by atoms with Gasteiger partial charge < -0.3 is 25.4 Å². The van der Waals surface area contributed by atoms with Crippen molar-refractivity contribution in [1.82, 2.24) is 15.1 Å². The van der Waals surface area contributed by atoms with Crippen molar-refractivity contribution in [2.45, 2.75) is 25.0 Å². The van der Waals surface area contributed by atoms with Crippen molar-refractivity contribution in [3.05, 3.63) is 29.8 Å². The summed E-state index contributed by atoms with van der Waals surface area (Å²) in [7, 11) is 1.60. The lowest BCUT2D eigenvalue weighted by Gasteiger charge is -2.35. The number of nitrogens with two attached hydrogens (primary N) is 1. The number of rotatable bonds is 7. The van der Waals surface area contributed by atoms with E-state index >= 15 is 0 Å². The van der Waals surface area contributed by atoms with Crippen molar-refractivity contribution >= 4 is 36.6 Å². The minimum atomic E-state index is -0.330. The van der Waals surface area contributed by atoms with E-state index in [-0.39, 0.29) is 48.8 Å². The Morgan fingerprint density at radius 1 is 1.13 bits per heavy atom. The van der Waals surface area contributed by atoms with Crippen molar-refractivity contribution in [2.24, 2.45) is 5.73 Å². The summed E-state index contributed by atoms with van der Waals surface area (Å²) in [5.41, 5.74) is 6.23. The summed E-state index contributed by atoms with van der Waals surface area (Å²) in [4.78, 5) is 28.9. The van der Waals surface area contributed by atoms with E-state index in [9.17, 15) is 9.59 Å².